The predicted octanol–water partition coefficient (Wildman–Crippen LogP) is 3.12. The van der Waals surface area contributed by atoms with Crippen LogP contribution in [-0.4, -0.2) is 37.1 Å². The quantitative estimate of drug-likeness (QED) is 0.800. The van der Waals surface area contributed by atoms with Crippen LogP contribution in [0.3, 0.4) is 0 Å². The van der Waals surface area contributed by atoms with Gasteiger partial charge in [0.1, 0.15) is 0 Å². The first-order valence-corrected chi connectivity index (χ1v) is 7.95. The lowest BCUT2D eigenvalue weighted by Crippen LogP contribution is -2.46. The van der Waals surface area contributed by atoms with Crippen LogP contribution < -0.4 is 0 Å². The van der Waals surface area contributed by atoms with Gasteiger partial charge in [0.05, 0.1) is 13.5 Å². The van der Waals surface area contributed by atoms with E-state index in [1.807, 2.05) is 0 Å². The van der Waals surface area contributed by atoms with Gasteiger partial charge in [-0.3, -0.25) is 4.79 Å². The summed E-state index contributed by atoms with van der Waals surface area (Å²) >= 11 is 0. The van der Waals surface area contributed by atoms with Crippen molar-refractivity contribution < 1.29 is 9.53 Å². The Hall–Kier alpha value is -1.35. The minimum Gasteiger partial charge on any atom is -0.469 e. The summed E-state index contributed by atoms with van der Waals surface area (Å²) in [5, 5.41) is 0. The maximum absolute atomic E-state index is 11.9. The summed E-state index contributed by atoms with van der Waals surface area (Å²) in [6.45, 7) is 2.12. The Bertz CT molecular complexity index is 510. The molecule has 2 aliphatic heterocycles. The Balaban J connectivity index is 1.89. The van der Waals surface area contributed by atoms with E-state index >= 15 is 0 Å². The average molecular weight is 287 g/mol. The summed E-state index contributed by atoms with van der Waals surface area (Å²) in [7, 11) is 3.71. The number of ether oxygens (including phenoxy) is 1. The molecular formula is C18H25NO2. The number of methoxy groups -OCH3 is 1. The molecule has 1 aromatic carbocycles. The minimum atomic E-state index is -0.0733. The third kappa shape index (κ3) is 2.71. The number of hydrogen-bond donors (Lipinski definition) is 0. The number of carbonyl (C=O) groups is 1. The number of aryl methyl sites for hydroxylation is 1. The summed E-state index contributed by atoms with van der Waals surface area (Å²) < 4.78 is 4.94. The van der Waals surface area contributed by atoms with Crippen molar-refractivity contribution in [3.8, 4) is 0 Å². The largest absolute Gasteiger partial charge is 0.469 e. The molecule has 0 saturated carbocycles. The molecule has 3 rings (SSSR count). The van der Waals surface area contributed by atoms with Gasteiger partial charge in [0.2, 0.25) is 0 Å². The molecule has 0 radical (unpaired) electrons. The Morgan fingerprint density at radius 2 is 2.00 bits per heavy atom. The number of fused-ring (bicyclic) bond motifs is 2. The summed E-state index contributed by atoms with van der Waals surface area (Å²) in [4.78, 5) is 14.4. The van der Waals surface area contributed by atoms with Crippen molar-refractivity contribution in [3.63, 3.8) is 0 Å². The highest BCUT2D eigenvalue weighted by Crippen LogP contribution is 2.47. The van der Waals surface area contributed by atoms with E-state index in [0.717, 1.165) is 6.42 Å². The second-order valence-corrected chi connectivity index (χ2v) is 6.66. The first kappa shape index (κ1) is 14.6. The van der Waals surface area contributed by atoms with Crippen LogP contribution in [0.2, 0.25) is 0 Å². The molecule has 3 unspecified atom stereocenters. The van der Waals surface area contributed by atoms with Crippen LogP contribution in [-0.2, 0) is 9.53 Å². The van der Waals surface area contributed by atoms with Crippen LogP contribution in [0.4, 0.5) is 0 Å². The van der Waals surface area contributed by atoms with Crippen molar-refractivity contribution in [3.05, 3.63) is 35.4 Å². The standard InChI is InChI=1S/C18H25NO2/c1-12-4-6-13(7-5-12)15-10-14-8-9-17(19(14)2)16(15)11-18(20)21-3/h4-7,14-17H,8-11H2,1-3H3/t14?,15-,16?,17?/m1/s1. The van der Waals surface area contributed by atoms with E-state index in [-0.39, 0.29) is 5.97 Å². The van der Waals surface area contributed by atoms with E-state index in [2.05, 4.69) is 43.1 Å². The Labute approximate surface area is 127 Å². The highest BCUT2D eigenvalue weighted by atomic mass is 16.5. The molecule has 0 spiro atoms. The first-order chi connectivity index (χ1) is 10.1. The molecule has 3 heteroatoms. The number of piperidine rings is 1. The molecule has 1 aromatic rings. The van der Waals surface area contributed by atoms with E-state index in [1.165, 1.54) is 31.1 Å². The number of hydrogen-bond acceptors (Lipinski definition) is 3. The summed E-state index contributed by atoms with van der Waals surface area (Å²) in [5.41, 5.74) is 2.68. The van der Waals surface area contributed by atoms with Gasteiger partial charge in [-0.25, -0.2) is 0 Å². The number of rotatable bonds is 3. The van der Waals surface area contributed by atoms with Gasteiger partial charge >= 0.3 is 5.97 Å². The Morgan fingerprint density at radius 1 is 1.29 bits per heavy atom. The maximum Gasteiger partial charge on any atom is 0.305 e. The molecule has 0 N–H and O–H groups in total. The van der Waals surface area contributed by atoms with E-state index in [9.17, 15) is 4.79 Å². The van der Waals surface area contributed by atoms with Crippen molar-refractivity contribution in [1.82, 2.24) is 4.90 Å². The number of esters is 1. The highest BCUT2D eigenvalue weighted by Gasteiger charge is 2.46. The van der Waals surface area contributed by atoms with Crippen LogP contribution in [0.1, 0.15) is 42.7 Å². The van der Waals surface area contributed by atoms with Crippen LogP contribution in [0, 0.1) is 12.8 Å². The number of nitrogens with zero attached hydrogens (tertiary/aromatic N) is 1. The summed E-state index contributed by atoms with van der Waals surface area (Å²) in [6, 6.07) is 10.1. The first-order valence-electron chi connectivity index (χ1n) is 7.95. The van der Waals surface area contributed by atoms with Crippen molar-refractivity contribution in [2.24, 2.45) is 5.92 Å². The Kier molecular flexibility index (Phi) is 4.03. The maximum atomic E-state index is 11.9. The molecule has 2 bridgehead atoms. The van der Waals surface area contributed by atoms with Gasteiger partial charge in [-0.2, -0.15) is 0 Å². The zero-order chi connectivity index (χ0) is 15.0. The van der Waals surface area contributed by atoms with E-state index in [0.29, 0.717) is 30.3 Å². The lowest BCUT2D eigenvalue weighted by atomic mass is 9.74. The fourth-order valence-corrected chi connectivity index (χ4v) is 4.33. The van der Waals surface area contributed by atoms with Gasteiger partial charge in [-0.1, -0.05) is 29.8 Å². The molecule has 2 fully saturated rings. The highest BCUT2D eigenvalue weighted by molar-refractivity contribution is 5.69. The van der Waals surface area contributed by atoms with Gasteiger partial charge in [0.25, 0.3) is 0 Å². The van der Waals surface area contributed by atoms with Crippen molar-refractivity contribution >= 4 is 5.97 Å². The molecule has 114 valence electrons. The third-order valence-corrected chi connectivity index (χ3v) is 5.57. The topological polar surface area (TPSA) is 29.5 Å². The van der Waals surface area contributed by atoms with Crippen LogP contribution in [0.5, 0.6) is 0 Å². The molecule has 0 aliphatic carbocycles. The van der Waals surface area contributed by atoms with Gasteiger partial charge < -0.3 is 9.64 Å². The van der Waals surface area contributed by atoms with Gasteiger partial charge in [-0.15, -0.1) is 0 Å². The summed E-state index contributed by atoms with van der Waals surface area (Å²) in [6.07, 6.45) is 4.18. The molecule has 0 amide bonds. The molecule has 0 aromatic heterocycles. The predicted molar refractivity (Wildman–Crippen MR) is 83.2 cm³/mol. The molecule has 21 heavy (non-hydrogen) atoms. The van der Waals surface area contributed by atoms with E-state index in [4.69, 9.17) is 4.74 Å². The smallest absolute Gasteiger partial charge is 0.305 e. The van der Waals surface area contributed by atoms with Crippen LogP contribution in [0.15, 0.2) is 24.3 Å². The second kappa shape index (κ2) is 5.80. The van der Waals surface area contributed by atoms with Gasteiger partial charge in [0, 0.05) is 12.1 Å². The van der Waals surface area contributed by atoms with Crippen molar-refractivity contribution in [1.29, 1.82) is 0 Å². The summed E-state index contributed by atoms with van der Waals surface area (Å²) in [5.74, 6) is 0.790. The third-order valence-electron chi connectivity index (χ3n) is 5.57. The van der Waals surface area contributed by atoms with Crippen LogP contribution in [0.25, 0.3) is 0 Å². The fraction of sp³-hybridized carbons (Fsp3) is 0.611. The zero-order valence-electron chi connectivity index (χ0n) is 13.2. The minimum absolute atomic E-state index is 0.0733. The molecule has 2 aliphatic rings. The fourth-order valence-electron chi connectivity index (χ4n) is 4.33. The lowest BCUT2D eigenvalue weighted by Gasteiger charge is -2.43. The zero-order valence-corrected chi connectivity index (χ0v) is 13.2. The Morgan fingerprint density at radius 3 is 2.67 bits per heavy atom. The van der Waals surface area contributed by atoms with Gasteiger partial charge in [0.15, 0.2) is 0 Å². The number of carbonyl (C=O) groups excluding carboxylic acids is 1. The molecule has 2 heterocycles. The monoisotopic (exact) mass is 287 g/mol. The van der Waals surface area contributed by atoms with Crippen molar-refractivity contribution in [2.45, 2.75) is 50.6 Å². The second-order valence-electron chi connectivity index (χ2n) is 6.66. The molecule has 2 saturated heterocycles. The van der Waals surface area contributed by atoms with E-state index in [1.54, 1.807) is 0 Å². The van der Waals surface area contributed by atoms with Crippen molar-refractivity contribution in [2.75, 3.05) is 14.2 Å². The SMILES string of the molecule is COC(=O)CC1C2CCC(C[C@@H]1c1ccc(C)cc1)N2C. The molecule has 4 atom stereocenters. The van der Waals surface area contributed by atoms with Gasteiger partial charge in [-0.05, 0) is 50.6 Å². The van der Waals surface area contributed by atoms with E-state index < -0.39 is 0 Å². The normalized spacial score (nSPS) is 32.1. The lowest BCUT2D eigenvalue weighted by molar-refractivity contribution is -0.142. The number of benzene rings is 1. The average Bonchev–Trinajstić information content (AvgIpc) is 2.73. The van der Waals surface area contributed by atoms with Crippen LogP contribution >= 0.6 is 0 Å². The molecule has 3 nitrogen and oxygen atoms in total. The molecular weight excluding hydrogens is 262 g/mol.